The summed E-state index contributed by atoms with van der Waals surface area (Å²) < 4.78 is 12.9. The van der Waals surface area contributed by atoms with Crippen LogP contribution in [0, 0.1) is 11.3 Å². The first-order valence-electron chi connectivity index (χ1n) is 12.6. The normalized spacial score (nSPS) is 10.8. The second-order valence-electron chi connectivity index (χ2n) is 9.05. The van der Waals surface area contributed by atoms with Crippen LogP contribution in [-0.2, 0) is 17.9 Å². The molecule has 0 amide bonds. The number of hydrogen-bond acceptors (Lipinski definition) is 7. The van der Waals surface area contributed by atoms with Gasteiger partial charge in [-0.3, -0.25) is 9.67 Å². The Morgan fingerprint density at radius 1 is 1.11 bits per heavy atom. The lowest BCUT2D eigenvalue weighted by Crippen LogP contribution is -2.18. The number of esters is 1. The zero-order valence-corrected chi connectivity index (χ0v) is 21.8. The van der Waals surface area contributed by atoms with Gasteiger partial charge in [-0.25, -0.2) is 4.79 Å². The van der Waals surface area contributed by atoms with Gasteiger partial charge in [-0.05, 0) is 47.7 Å². The number of rotatable bonds is 10. The number of pyridine rings is 1. The monoisotopic (exact) mass is 509 g/mol. The highest BCUT2D eigenvalue weighted by Gasteiger charge is 2.27. The van der Waals surface area contributed by atoms with E-state index in [1.165, 1.54) is 11.8 Å². The first kappa shape index (κ1) is 26.6. The Hall–Kier alpha value is -4.48. The molecule has 0 bridgehead atoms. The molecule has 38 heavy (non-hydrogen) atoms. The van der Waals surface area contributed by atoms with Gasteiger partial charge in [-0.1, -0.05) is 50.2 Å². The van der Waals surface area contributed by atoms with Crippen molar-refractivity contribution >= 4 is 5.97 Å². The minimum absolute atomic E-state index is 0.213. The Morgan fingerprint density at radius 2 is 1.84 bits per heavy atom. The van der Waals surface area contributed by atoms with Crippen molar-refractivity contribution in [3.8, 4) is 34.2 Å². The highest BCUT2D eigenvalue weighted by Crippen LogP contribution is 2.37. The number of ether oxygens (including phenoxy) is 2. The molecule has 8 nitrogen and oxygen atoms in total. The van der Waals surface area contributed by atoms with E-state index in [-0.39, 0.29) is 18.8 Å². The van der Waals surface area contributed by atoms with Crippen molar-refractivity contribution in [3.63, 3.8) is 0 Å². The Labute approximate surface area is 222 Å². The van der Waals surface area contributed by atoms with E-state index in [1.807, 2.05) is 24.3 Å². The molecule has 0 aliphatic heterocycles. The summed E-state index contributed by atoms with van der Waals surface area (Å²) in [6.07, 6.45) is 3.08. The SMILES string of the molecule is CCOC(=O)c1c(-c2ccc(OCc3ccc(C(C)C)cc3)cc2)c(-c2ccncc2C#N)nn1CCN. The molecule has 0 aliphatic carbocycles. The van der Waals surface area contributed by atoms with E-state index in [0.29, 0.717) is 47.2 Å². The van der Waals surface area contributed by atoms with Crippen molar-refractivity contribution in [1.29, 1.82) is 5.26 Å². The van der Waals surface area contributed by atoms with Gasteiger partial charge in [0.05, 0.1) is 18.7 Å². The summed E-state index contributed by atoms with van der Waals surface area (Å²) in [4.78, 5) is 17.2. The topological polar surface area (TPSA) is 116 Å². The molecule has 0 saturated carbocycles. The molecule has 0 atom stereocenters. The zero-order chi connectivity index (χ0) is 27.1. The lowest BCUT2D eigenvalue weighted by Gasteiger charge is -2.11. The van der Waals surface area contributed by atoms with Crippen LogP contribution in [0.25, 0.3) is 22.4 Å². The average molecular weight is 510 g/mol. The van der Waals surface area contributed by atoms with Crippen molar-refractivity contribution in [2.45, 2.75) is 39.8 Å². The zero-order valence-electron chi connectivity index (χ0n) is 21.8. The number of nitrogens with two attached hydrogens (primary N) is 1. The van der Waals surface area contributed by atoms with E-state index >= 15 is 0 Å². The van der Waals surface area contributed by atoms with Gasteiger partial charge in [0.1, 0.15) is 24.1 Å². The Morgan fingerprint density at radius 3 is 2.47 bits per heavy atom. The summed E-state index contributed by atoms with van der Waals surface area (Å²) in [7, 11) is 0. The fourth-order valence-corrected chi connectivity index (χ4v) is 4.19. The largest absolute Gasteiger partial charge is 0.489 e. The number of benzene rings is 2. The van der Waals surface area contributed by atoms with Gasteiger partial charge in [0.25, 0.3) is 0 Å². The van der Waals surface area contributed by atoms with Crippen LogP contribution in [-0.4, -0.2) is 33.9 Å². The number of nitriles is 1. The van der Waals surface area contributed by atoms with Crippen LogP contribution in [0.5, 0.6) is 5.75 Å². The summed E-state index contributed by atoms with van der Waals surface area (Å²) in [5, 5.41) is 14.4. The third-order valence-corrected chi connectivity index (χ3v) is 6.15. The molecular formula is C30H31N5O3. The maximum atomic E-state index is 13.1. The highest BCUT2D eigenvalue weighted by atomic mass is 16.5. The van der Waals surface area contributed by atoms with Gasteiger partial charge >= 0.3 is 5.97 Å². The summed E-state index contributed by atoms with van der Waals surface area (Å²) >= 11 is 0. The third-order valence-electron chi connectivity index (χ3n) is 6.15. The molecule has 2 N–H and O–H groups in total. The van der Waals surface area contributed by atoms with Gasteiger partial charge < -0.3 is 15.2 Å². The van der Waals surface area contributed by atoms with E-state index in [0.717, 1.165) is 11.1 Å². The Bertz CT molecular complexity index is 1430. The molecule has 2 aromatic carbocycles. The van der Waals surface area contributed by atoms with Crippen LogP contribution in [0.1, 0.15) is 53.9 Å². The number of carbonyl (C=O) groups is 1. The van der Waals surface area contributed by atoms with Gasteiger partial charge in [-0.2, -0.15) is 10.4 Å². The highest BCUT2D eigenvalue weighted by molar-refractivity contribution is 6.00. The van der Waals surface area contributed by atoms with Crippen LogP contribution < -0.4 is 10.5 Å². The minimum Gasteiger partial charge on any atom is -0.489 e. The lowest BCUT2D eigenvalue weighted by atomic mass is 9.97. The van der Waals surface area contributed by atoms with Gasteiger partial charge in [0.2, 0.25) is 0 Å². The molecule has 2 heterocycles. The van der Waals surface area contributed by atoms with Crippen LogP contribution in [0.4, 0.5) is 0 Å². The maximum absolute atomic E-state index is 13.1. The quantitative estimate of drug-likeness (QED) is 0.288. The summed E-state index contributed by atoms with van der Waals surface area (Å²) in [6.45, 7) is 7.33. The van der Waals surface area contributed by atoms with E-state index in [4.69, 9.17) is 20.3 Å². The van der Waals surface area contributed by atoms with Crippen molar-refractivity contribution < 1.29 is 14.3 Å². The van der Waals surface area contributed by atoms with Crippen LogP contribution in [0.15, 0.2) is 67.0 Å². The van der Waals surface area contributed by atoms with Crippen molar-refractivity contribution in [3.05, 3.63) is 89.4 Å². The van der Waals surface area contributed by atoms with Crippen molar-refractivity contribution in [2.75, 3.05) is 13.2 Å². The summed E-state index contributed by atoms with van der Waals surface area (Å²) in [6, 6.07) is 19.7. The minimum atomic E-state index is -0.507. The maximum Gasteiger partial charge on any atom is 0.357 e. The molecule has 0 aliphatic rings. The number of hydrogen-bond donors (Lipinski definition) is 1. The second kappa shape index (κ2) is 12.2. The number of nitrogens with zero attached hydrogens (tertiary/aromatic N) is 4. The molecule has 0 spiro atoms. The van der Waals surface area contributed by atoms with Crippen LogP contribution in [0.2, 0.25) is 0 Å². The molecule has 0 fully saturated rings. The number of aromatic nitrogens is 3. The molecule has 4 rings (SSSR count). The fraction of sp³-hybridized carbons (Fsp3) is 0.267. The van der Waals surface area contributed by atoms with Crippen LogP contribution in [0.3, 0.4) is 0 Å². The molecule has 0 saturated heterocycles. The van der Waals surface area contributed by atoms with E-state index in [9.17, 15) is 10.1 Å². The first-order chi connectivity index (χ1) is 18.5. The summed E-state index contributed by atoms with van der Waals surface area (Å²) in [5.74, 6) is 0.664. The Balaban J connectivity index is 1.72. The van der Waals surface area contributed by atoms with Gasteiger partial charge in [0, 0.05) is 30.1 Å². The van der Waals surface area contributed by atoms with Crippen molar-refractivity contribution in [2.24, 2.45) is 5.73 Å². The predicted molar refractivity (Wildman–Crippen MR) is 145 cm³/mol. The van der Waals surface area contributed by atoms with Crippen molar-refractivity contribution in [1.82, 2.24) is 14.8 Å². The number of carbonyl (C=O) groups excluding carboxylic acids is 1. The smallest absolute Gasteiger partial charge is 0.357 e. The lowest BCUT2D eigenvalue weighted by molar-refractivity contribution is 0.0513. The van der Waals surface area contributed by atoms with E-state index < -0.39 is 5.97 Å². The molecule has 4 aromatic rings. The summed E-state index contributed by atoms with van der Waals surface area (Å²) in [5.41, 5.74) is 11.2. The first-order valence-corrected chi connectivity index (χ1v) is 12.6. The molecule has 0 unspecified atom stereocenters. The van der Waals surface area contributed by atoms with Crippen LogP contribution >= 0.6 is 0 Å². The predicted octanol–water partition coefficient (Wildman–Crippen LogP) is 5.32. The third kappa shape index (κ3) is 5.74. The van der Waals surface area contributed by atoms with E-state index in [2.05, 4.69) is 49.2 Å². The molecule has 2 aromatic heterocycles. The van der Waals surface area contributed by atoms with Gasteiger partial charge in [0.15, 0.2) is 5.69 Å². The standard InChI is InChI=1S/C30H31N5O3/c1-4-37-30(36)29-27(28(34-35(29)16-14-31)26-13-15-33-18-24(26)17-32)23-9-11-25(12-10-23)38-19-21-5-7-22(8-6-21)20(2)3/h5-13,15,18,20H,4,14,16,19,31H2,1-3H3. The molecular weight excluding hydrogens is 478 g/mol. The molecule has 194 valence electrons. The van der Waals surface area contributed by atoms with E-state index in [1.54, 1.807) is 23.9 Å². The molecule has 8 heteroatoms. The average Bonchev–Trinajstić information content (AvgIpc) is 3.31. The molecule has 0 radical (unpaired) electrons. The fourth-order valence-electron chi connectivity index (χ4n) is 4.19. The second-order valence-corrected chi connectivity index (χ2v) is 9.05. The van der Waals surface area contributed by atoms with Gasteiger partial charge in [-0.15, -0.1) is 0 Å². The Kier molecular flexibility index (Phi) is 8.51.